The number of aromatic nitrogens is 2. The number of rotatable bonds is 4. The SMILES string of the molecule is Cl.NC1CCC(NC(=O)CCn2c(=O)[nH]c(=O)c3ccccc32)CC1. The van der Waals surface area contributed by atoms with E-state index in [1.807, 2.05) is 0 Å². The standard InChI is InChI=1S/C17H22N4O3.ClH/c18-11-5-7-12(8-6-11)19-15(22)9-10-21-14-4-2-1-3-13(14)16(23)20-17(21)24;/h1-4,11-12H,5-10,18H2,(H,19,22)(H,20,23,24);1H. The van der Waals surface area contributed by atoms with Gasteiger partial charge in [0.2, 0.25) is 5.91 Å². The van der Waals surface area contributed by atoms with E-state index >= 15 is 0 Å². The molecule has 0 unspecified atom stereocenters. The van der Waals surface area contributed by atoms with Gasteiger partial charge in [-0.25, -0.2) is 4.79 Å². The van der Waals surface area contributed by atoms with Crippen LogP contribution >= 0.6 is 12.4 Å². The van der Waals surface area contributed by atoms with Gasteiger partial charge >= 0.3 is 5.69 Å². The maximum atomic E-state index is 12.2. The largest absolute Gasteiger partial charge is 0.353 e. The lowest BCUT2D eigenvalue weighted by Crippen LogP contribution is -2.41. The van der Waals surface area contributed by atoms with Crippen molar-refractivity contribution in [1.82, 2.24) is 14.9 Å². The lowest BCUT2D eigenvalue weighted by atomic mass is 9.92. The molecule has 1 aromatic carbocycles. The highest BCUT2D eigenvalue weighted by molar-refractivity contribution is 5.85. The van der Waals surface area contributed by atoms with Gasteiger partial charge in [-0.3, -0.25) is 19.1 Å². The number of H-pyrrole nitrogens is 1. The summed E-state index contributed by atoms with van der Waals surface area (Å²) in [5, 5.41) is 3.45. The van der Waals surface area contributed by atoms with Crippen LogP contribution in [-0.2, 0) is 11.3 Å². The number of halogens is 1. The highest BCUT2D eigenvalue weighted by atomic mass is 35.5. The number of carbonyl (C=O) groups is 1. The topological polar surface area (TPSA) is 110 Å². The first kappa shape index (κ1) is 19.2. The third kappa shape index (κ3) is 4.49. The summed E-state index contributed by atoms with van der Waals surface area (Å²) in [4.78, 5) is 38.3. The summed E-state index contributed by atoms with van der Waals surface area (Å²) in [6.45, 7) is 0.230. The van der Waals surface area contributed by atoms with E-state index in [0.29, 0.717) is 10.9 Å². The summed E-state index contributed by atoms with van der Waals surface area (Å²) in [5.74, 6) is -0.0855. The molecule has 7 nitrogen and oxygen atoms in total. The highest BCUT2D eigenvalue weighted by Gasteiger charge is 2.20. The molecular formula is C17H23ClN4O3. The zero-order valence-corrected chi connectivity index (χ0v) is 14.7. The number of aromatic amines is 1. The Morgan fingerprint density at radius 1 is 1.20 bits per heavy atom. The molecule has 1 fully saturated rings. The van der Waals surface area contributed by atoms with E-state index in [1.54, 1.807) is 24.3 Å². The van der Waals surface area contributed by atoms with Gasteiger partial charge < -0.3 is 11.1 Å². The summed E-state index contributed by atoms with van der Waals surface area (Å²) in [6, 6.07) is 7.29. The van der Waals surface area contributed by atoms with E-state index in [2.05, 4.69) is 10.3 Å². The molecule has 136 valence electrons. The van der Waals surface area contributed by atoms with Crippen molar-refractivity contribution in [2.45, 2.75) is 50.7 Å². The lowest BCUT2D eigenvalue weighted by molar-refractivity contribution is -0.122. The van der Waals surface area contributed by atoms with E-state index in [-0.39, 0.29) is 43.4 Å². The molecule has 3 rings (SSSR count). The Hall–Kier alpha value is -2.12. The molecule has 1 heterocycles. The Bertz CT molecular complexity index is 853. The van der Waals surface area contributed by atoms with Crippen LogP contribution in [0.4, 0.5) is 0 Å². The van der Waals surface area contributed by atoms with Gasteiger partial charge in [0, 0.05) is 25.0 Å². The molecule has 1 saturated carbocycles. The van der Waals surface area contributed by atoms with Gasteiger partial charge in [0.1, 0.15) is 0 Å². The Kier molecular flexibility index (Phi) is 6.39. The number of nitrogens with two attached hydrogens (primary N) is 1. The molecule has 0 atom stereocenters. The first-order chi connectivity index (χ1) is 11.5. The number of para-hydroxylation sites is 1. The Morgan fingerprint density at radius 3 is 2.60 bits per heavy atom. The smallest absolute Gasteiger partial charge is 0.328 e. The first-order valence-electron chi connectivity index (χ1n) is 8.31. The van der Waals surface area contributed by atoms with Crippen LogP contribution in [0.25, 0.3) is 10.9 Å². The number of nitrogens with one attached hydrogen (secondary N) is 2. The van der Waals surface area contributed by atoms with Crippen LogP contribution in [0.15, 0.2) is 33.9 Å². The molecule has 1 aliphatic carbocycles. The second-order valence-electron chi connectivity index (χ2n) is 6.36. The van der Waals surface area contributed by atoms with Crippen molar-refractivity contribution in [2.24, 2.45) is 5.73 Å². The number of nitrogens with zero attached hydrogens (tertiary/aromatic N) is 1. The first-order valence-corrected chi connectivity index (χ1v) is 8.31. The summed E-state index contributed by atoms with van der Waals surface area (Å²) in [7, 11) is 0. The molecule has 1 amide bonds. The third-order valence-electron chi connectivity index (χ3n) is 4.60. The molecule has 0 aliphatic heterocycles. The fraction of sp³-hybridized carbons (Fsp3) is 0.471. The van der Waals surface area contributed by atoms with Crippen molar-refractivity contribution in [2.75, 3.05) is 0 Å². The van der Waals surface area contributed by atoms with Gasteiger partial charge in [0.25, 0.3) is 5.56 Å². The number of fused-ring (bicyclic) bond motifs is 1. The van der Waals surface area contributed by atoms with Gasteiger partial charge in [-0.2, -0.15) is 0 Å². The van der Waals surface area contributed by atoms with E-state index in [0.717, 1.165) is 25.7 Å². The Balaban J connectivity index is 0.00000225. The lowest BCUT2D eigenvalue weighted by Gasteiger charge is -2.26. The monoisotopic (exact) mass is 366 g/mol. The van der Waals surface area contributed by atoms with E-state index in [4.69, 9.17) is 5.73 Å². The van der Waals surface area contributed by atoms with Gasteiger partial charge in [-0.15, -0.1) is 12.4 Å². The van der Waals surface area contributed by atoms with Crippen molar-refractivity contribution in [3.8, 4) is 0 Å². The molecule has 8 heteroatoms. The zero-order chi connectivity index (χ0) is 17.1. The van der Waals surface area contributed by atoms with Crippen LogP contribution in [0, 0.1) is 0 Å². The van der Waals surface area contributed by atoms with Gasteiger partial charge in [0.15, 0.2) is 0 Å². The van der Waals surface area contributed by atoms with Crippen LogP contribution in [0.3, 0.4) is 0 Å². The predicted molar refractivity (Wildman–Crippen MR) is 99.1 cm³/mol. The van der Waals surface area contributed by atoms with Crippen LogP contribution in [-0.4, -0.2) is 27.5 Å². The maximum absolute atomic E-state index is 12.2. The van der Waals surface area contributed by atoms with Crippen molar-refractivity contribution in [1.29, 1.82) is 0 Å². The number of hydrogen-bond donors (Lipinski definition) is 3. The summed E-state index contributed by atoms with van der Waals surface area (Å²) in [5.41, 5.74) is 5.51. The van der Waals surface area contributed by atoms with Gasteiger partial charge in [0.05, 0.1) is 10.9 Å². The number of aryl methyl sites for hydroxylation is 1. The van der Waals surface area contributed by atoms with Crippen LogP contribution in [0.2, 0.25) is 0 Å². The summed E-state index contributed by atoms with van der Waals surface area (Å²) >= 11 is 0. The molecular weight excluding hydrogens is 344 g/mol. The molecule has 0 saturated heterocycles. The number of amides is 1. The molecule has 1 aromatic heterocycles. The highest BCUT2D eigenvalue weighted by Crippen LogP contribution is 2.17. The van der Waals surface area contributed by atoms with Crippen LogP contribution in [0.1, 0.15) is 32.1 Å². The molecule has 0 radical (unpaired) electrons. The van der Waals surface area contributed by atoms with E-state index < -0.39 is 11.2 Å². The second kappa shape index (κ2) is 8.31. The molecule has 1 aliphatic rings. The number of hydrogen-bond acceptors (Lipinski definition) is 4. The van der Waals surface area contributed by atoms with Gasteiger partial charge in [-0.1, -0.05) is 12.1 Å². The average Bonchev–Trinajstić information content (AvgIpc) is 2.57. The van der Waals surface area contributed by atoms with E-state index in [9.17, 15) is 14.4 Å². The van der Waals surface area contributed by atoms with E-state index in [1.165, 1.54) is 4.57 Å². The molecule has 4 N–H and O–H groups in total. The average molecular weight is 367 g/mol. The fourth-order valence-electron chi connectivity index (χ4n) is 3.24. The minimum absolute atomic E-state index is 0. The normalized spacial score (nSPS) is 20.0. The maximum Gasteiger partial charge on any atom is 0.328 e. The summed E-state index contributed by atoms with van der Waals surface area (Å²) < 4.78 is 1.44. The molecule has 0 bridgehead atoms. The molecule has 25 heavy (non-hydrogen) atoms. The van der Waals surface area contributed by atoms with Crippen molar-refractivity contribution < 1.29 is 4.79 Å². The predicted octanol–water partition coefficient (Wildman–Crippen LogP) is 0.888. The second-order valence-corrected chi connectivity index (χ2v) is 6.36. The molecule has 2 aromatic rings. The Labute approximate surface area is 151 Å². The zero-order valence-electron chi connectivity index (χ0n) is 13.9. The minimum Gasteiger partial charge on any atom is -0.353 e. The fourth-order valence-corrected chi connectivity index (χ4v) is 3.24. The minimum atomic E-state index is -0.491. The molecule has 0 spiro atoms. The van der Waals surface area contributed by atoms with Crippen LogP contribution < -0.4 is 22.3 Å². The number of benzene rings is 1. The van der Waals surface area contributed by atoms with Crippen molar-refractivity contribution in [3.63, 3.8) is 0 Å². The number of carbonyl (C=O) groups excluding carboxylic acids is 1. The van der Waals surface area contributed by atoms with Crippen molar-refractivity contribution >= 4 is 29.2 Å². The van der Waals surface area contributed by atoms with Gasteiger partial charge in [-0.05, 0) is 37.8 Å². The quantitative estimate of drug-likeness (QED) is 0.746. The summed E-state index contributed by atoms with van der Waals surface area (Å²) in [6.07, 6.45) is 3.84. The Morgan fingerprint density at radius 2 is 1.88 bits per heavy atom. The van der Waals surface area contributed by atoms with Crippen molar-refractivity contribution in [3.05, 3.63) is 45.1 Å². The van der Waals surface area contributed by atoms with Crippen LogP contribution in [0.5, 0.6) is 0 Å². The third-order valence-corrected chi connectivity index (χ3v) is 4.60.